The third-order valence-corrected chi connectivity index (χ3v) is 3.72. The molecule has 77 valence electrons. The fourth-order valence-electron chi connectivity index (χ4n) is 1.34. The van der Waals surface area contributed by atoms with Gasteiger partial charge in [0.25, 0.3) is 0 Å². The lowest BCUT2D eigenvalue weighted by Gasteiger charge is -2.12. The van der Waals surface area contributed by atoms with Crippen molar-refractivity contribution in [3.05, 3.63) is 29.3 Å². The third kappa shape index (κ3) is 2.38. The Morgan fingerprint density at radius 3 is 2.14 bits per heavy atom. The summed E-state index contributed by atoms with van der Waals surface area (Å²) < 4.78 is 37.1. The lowest BCUT2D eigenvalue weighted by molar-refractivity contribution is -0.137. The summed E-state index contributed by atoms with van der Waals surface area (Å²) in [5.74, 6) is 0. The van der Waals surface area contributed by atoms with Gasteiger partial charge in [0.1, 0.15) is 0 Å². The van der Waals surface area contributed by atoms with Crippen molar-refractivity contribution in [1.82, 2.24) is 0 Å². The SMILES string of the molecule is Cc1ccc(C(F)(F)F)cc1[Si](C)C. The first-order chi connectivity index (χ1) is 6.32. The Labute approximate surface area is 83.4 Å². The van der Waals surface area contributed by atoms with Gasteiger partial charge in [-0.05, 0) is 13.0 Å². The van der Waals surface area contributed by atoms with Gasteiger partial charge in [-0.2, -0.15) is 13.2 Å². The minimum Gasteiger partial charge on any atom is -0.166 e. The molecule has 1 aromatic carbocycles. The summed E-state index contributed by atoms with van der Waals surface area (Å²) in [5.41, 5.74) is 0.418. The molecule has 1 aromatic rings. The molecule has 0 fully saturated rings. The van der Waals surface area contributed by atoms with Crippen LogP contribution in [0.15, 0.2) is 18.2 Å². The highest BCUT2D eigenvalue weighted by atomic mass is 28.3. The highest BCUT2D eigenvalue weighted by Crippen LogP contribution is 2.28. The normalized spacial score (nSPS) is 12.2. The molecule has 0 bridgehead atoms. The predicted octanol–water partition coefficient (Wildman–Crippen LogP) is 2.98. The molecule has 0 saturated carbocycles. The molecule has 0 unspecified atom stereocenters. The topological polar surface area (TPSA) is 0 Å². The van der Waals surface area contributed by atoms with E-state index in [9.17, 15) is 13.2 Å². The second kappa shape index (κ2) is 3.77. The van der Waals surface area contributed by atoms with Crippen molar-refractivity contribution in [1.29, 1.82) is 0 Å². The van der Waals surface area contributed by atoms with E-state index in [0.29, 0.717) is 0 Å². The molecule has 0 amide bonds. The molecule has 0 atom stereocenters. The molecule has 0 aliphatic heterocycles. The molecule has 1 radical (unpaired) electrons. The number of alkyl halides is 3. The number of hydrogen-bond acceptors (Lipinski definition) is 0. The van der Waals surface area contributed by atoms with Gasteiger partial charge in [0.15, 0.2) is 0 Å². The van der Waals surface area contributed by atoms with E-state index < -0.39 is 20.5 Å². The molecule has 0 aliphatic carbocycles. The summed E-state index contributed by atoms with van der Waals surface area (Å²) in [4.78, 5) is 0. The summed E-state index contributed by atoms with van der Waals surface area (Å²) in [7, 11) is -0.824. The second-order valence-electron chi connectivity index (χ2n) is 3.53. The van der Waals surface area contributed by atoms with Gasteiger partial charge in [-0.15, -0.1) is 0 Å². The van der Waals surface area contributed by atoms with E-state index in [2.05, 4.69) is 0 Å². The Balaban J connectivity index is 3.20. The van der Waals surface area contributed by atoms with E-state index in [1.165, 1.54) is 6.07 Å². The van der Waals surface area contributed by atoms with Crippen molar-refractivity contribution < 1.29 is 13.2 Å². The van der Waals surface area contributed by atoms with Crippen LogP contribution in [-0.4, -0.2) is 8.80 Å². The average Bonchev–Trinajstić information content (AvgIpc) is 2.02. The number of benzene rings is 1. The van der Waals surface area contributed by atoms with Gasteiger partial charge in [0, 0.05) is 0 Å². The molecule has 1 rings (SSSR count). The average molecular weight is 217 g/mol. The van der Waals surface area contributed by atoms with Crippen molar-refractivity contribution in [2.45, 2.75) is 26.2 Å². The number of hydrogen-bond donors (Lipinski definition) is 0. The van der Waals surface area contributed by atoms with Gasteiger partial charge >= 0.3 is 6.18 Å². The molecule has 0 N–H and O–H groups in total. The van der Waals surface area contributed by atoms with Crippen LogP contribution in [0.4, 0.5) is 13.2 Å². The molecule has 0 saturated heterocycles. The first kappa shape index (κ1) is 11.3. The van der Waals surface area contributed by atoms with Crippen molar-refractivity contribution in [3.63, 3.8) is 0 Å². The van der Waals surface area contributed by atoms with Crippen LogP contribution in [0, 0.1) is 6.92 Å². The van der Waals surface area contributed by atoms with Gasteiger partial charge in [0.05, 0.1) is 14.4 Å². The van der Waals surface area contributed by atoms with Gasteiger partial charge in [-0.25, -0.2) is 0 Å². The lowest BCUT2D eigenvalue weighted by Crippen LogP contribution is -2.27. The number of rotatable bonds is 1. The monoisotopic (exact) mass is 217 g/mol. The maximum Gasteiger partial charge on any atom is 0.416 e. The van der Waals surface area contributed by atoms with Crippen LogP contribution in [0.25, 0.3) is 0 Å². The third-order valence-electron chi connectivity index (χ3n) is 2.10. The molecular weight excluding hydrogens is 205 g/mol. The molecule has 0 heterocycles. The van der Waals surface area contributed by atoms with E-state index in [-0.39, 0.29) is 0 Å². The predicted molar refractivity (Wildman–Crippen MR) is 53.3 cm³/mol. The van der Waals surface area contributed by atoms with E-state index in [0.717, 1.165) is 16.8 Å². The van der Waals surface area contributed by atoms with E-state index in [1.807, 2.05) is 20.0 Å². The molecule has 0 aliphatic rings. The first-order valence-electron chi connectivity index (χ1n) is 4.30. The zero-order valence-corrected chi connectivity index (χ0v) is 9.37. The highest BCUT2D eigenvalue weighted by molar-refractivity contribution is 6.71. The Kier molecular flexibility index (Phi) is 3.04. The summed E-state index contributed by atoms with van der Waals surface area (Å²) in [6, 6.07) is 3.98. The van der Waals surface area contributed by atoms with Gasteiger partial charge in [-0.1, -0.05) is 36.0 Å². The smallest absolute Gasteiger partial charge is 0.166 e. The first-order valence-corrected chi connectivity index (χ1v) is 6.80. The fraction of sp³-hybridized carbons (Fsp3) is 0.400. The van der Waals surface area contributed by atoms with Crippen molar-refractivity contribution in [2.75, 3.05) is 0 Å². The largest absolute Gasteiger partial charge is 0.416 e. The second-order valence-corrected chi connectivity index (χ2v) is 6.07. The van der Waals surface area contributed by atoms with Crippen molar-refractivity contribution in [2.24, 2.45) is 0 Å². The molecular formula is C10H12F3Si. The Bertz CT molecular complexity index is 329. The fourth-order valence-corrected chi connectivity index (χ4v) is 2.65. The molecule has 0 nitrogen and oxygen atoms in total. The lowest BCUT2D eigenvalue weighted by atomic mass is 10.1. The van der Waals surface area contributed by atoms with Crippen LogP contribution in [-0.2, 0) is 6.18 Å². The standard InChI is InChI=1S/C10H12F3Si/c1-7-4-5-8(10(11,12)13)6-9(7)14(2)3/h4-6H,1-3H3. The van der Waals surface area contributed by atoms with Crippen LogP contribution in [0.2, 0.25) is 13.1 Å². The maximum absolute atomic E-state index is 12.4. The number of aryl methyl sites for hydroxylation is 1. The minimum atomic E-state index is -4.22. The van der Waals surface area contributed by atoms with Crippen LogP contribution >= 0.6 is 0 Å². The van der Waals surface area contributed by atoms with Crippen LogP contribution < -0.4 is 5.19 Å². The summed E-state index contributed by atoms with van der Waals surface area (Å²) >= 11 is 0. The summed E-state index contributed by atoms with van der Waals surface area (Å²) in [5, 5.41) is 0.866. The maximum atomic E-state index is 12.4. The Hall–Kier alpha value is -0.773. The van der Waals surface area contributed by atoms with Crippen LogP contribution in [0.3, 0.4) is 0 Å². The van der Waals surface area contributed by atoms with Gasteiger partial charge < -0.3 is 0 Å². The van der Waals surface area contributed by atoms with E-state index in [4.69, 9.17) is 0 Å². The van der Waals surface area contributed by atoms with Gasteiger partial charge in [0.2, 0.25) is 0 Å². The van der Waals surface area contributed by atoms with Gasteiger partial charge in [-0.3, -0.25) is 0 Å². The summed E-state index contributed by atoms with van der Waals surface area (Å²) in [6.45, 7) is 5.84. The zero-order valence-electron chi connectivity index (χ0n) is 8.37. The zero-order chi connectivity index (χ0) is 10.9. The molecule has 14 heavy (non-hydrogen) atoms. The highest BCUT2D eigenvalue weighted by Gasteiger charge is 2.30. The van der Waals surface area contributed by atoms with Crippen LogP contribution in [0.5, 0.6) is 0 Å². The van der Waals surface area contributed by atoms with Crippen molar-refractivity contribution >= 4 is 14.0 Å². The Morgan fingerprint density at radius 1 is 1.14 bits per heavy atom. The minimum absolute atomic E-state index is 0.538. The molecule has 0 spiro atoms. The van der Waals surface area contributed by atoms with E-state index >= 15 is 0 Å². The molecule has 0 aromatic heterocycles. The Morgan fingerprint density at radius 2 is 1.71 bits per heavy atom. The quantitative estimate of drug-likeness (QED) is 0.634. The van der Waals surface area contributed by atoms with Crippen molar-refractivity contribution in [3.8, 4) is 0 Å². The van der Waals surface area contributed by atoms with E-state index in [1.54, 1.807) is 6.07 Å². The molecule has 4 heteroatoms. The van der Waals surface area contributed by atoms with Crippen LogP contribution in [0.1, 0.15) is 11.1 Å². The summed E-state index contributed by atoms with van der Waals surface area (Å²) in [6.07, 6.45) is -4.22. The number of halogens is 3.